The highest BCUT2D eigenvalue weighted by Gasteiger charge is 2.32. The number of hydrogen-bond donors (Lipinski definition) is 2. The SMILES string of the molecule is CC1C=C(C2CCCCC2)C=CC1CN(C(=O)Oc1cccc(OC(F)(F)F)c1)c1ccc(C(=O)NCCC(=O)O)cc1. The van der Waals surface area contributed by atoms with Crippen molar-refractivity contribution in [1.29, 1.82) is 0 Å². The van der Waals surface area contributed by atoms with Crippen molar-refractivity contribution in [2.75, 3.05) is 18.0 Å². The molecule has 1 saturated carbocycles. The van der Waals surface area contributed by atoms with E-state index in [9.17, 15) is 27.6 Å². The minimum Gasteiger partial charge on any atom is -0.481 e. The highest BCUT2D eigenvalue weighted by molar-refractivity contribution is 5.95. The van der Waals surface area contributed by atoms with E-state index in [0.717, 1.165) is 12.1 Å². The Morgan fingerprint density at radius 3 is 2.37 bits per heavy atom. The molecule has 11 heteroatoms. The first-order chi connectivity index (χ1) is 20.5. The fourth-order valence-corrected chi connectivity index (χ4v) is 5.39. The van der Waals surface area contributed by atoms with Crippen molar-refractivity contribution in [3.05, 3.63) is 77.9 Å². The van der Waals surface area contributed by atoms with Crippen LogP contribution in [0.25, 0.3) is 0 Å². The van der Waals surface area contributed by atoms with Gasteiger partial charge in [0.05, 0.1) is 6.42 Å². The van der Waals surface area contributed by atoms with Crippen LogP contribution in [0.2, 0.25) is 0 Å². The van der Waals surface area contributed by atoms with Crippen LogP contribution in [0.4, 0.5) is 23.7 Å². The minimum atomic E-state index is -4.90. The fraction of sp³-hybridized carbons (Fsp3) is 0.406. The number of rotatable bonds is 10. The number of anilines is 1. The Morgan fingerprint density at radius 2 is 1.72 bits per heavy atom. The first-order valence-electron chi connectivity index (χ1n) is 14.3. The number of carbonyl (C=O) groups is 3. The first-order valence-corrected chi connectivity index (χ1v) is 14.3. The van der Waals surface area contributed by atoms with Gasteiger partial charge in [0, 0.05) is 36.3 Å². The van der Waals surface area contributed by atoms with Gasteiger partial charge >= 0.3 is 18.4 Å². The zero-order chi connectivity index (χ0) is 31.0. The van der Waals surface area contributed by atoms with Crippen molar-refractivity contribution in [3.63, 3.8) is 0 Å². The van der Waals surface area contributed by atoms with E-state index >= 15 is 0 Å². The molecule has 4 rings (SSSR count). The van der Waals surface area contributed by atoms with E-state index in [4.69, 9.17) is 9.84 Å². The van der Waals surface area contributed by atoms with E-state index in [-0.39, 0.29) is 42.7 Å². The number of allylic oxidation sites excluding steroid dienone is 3. The Morgan fingerprint density at radius 1 is 1.02 bits per heavy atom. The van der Waals surface area contributed by atoms with Crippen LogP contribution < -0.4 is 19.7 Å². The maximum atomic E-state index is 13.5. The van der Waals surface area contributed by atoms with Crippen LogP contribution in [-0.4, -0.2) is 42.5 Å². The summed E-state index contributed by atoms with van der Waals surface area (Å²) in [4.78, 5) is 38.0. The number of nitrogens with one attached hydrogen (secondary N) is 1. The van der Waals surface area contributed by atoms with E-state index in [1.807, 2.05) is 0 Å². The summed E-state index contributed by atoms with van der Waals surface area (Å²) in [5, 5.41) is 11.3. The Labute approximate surface area is 248 Å². The van der Waals surface area contributed by atoms with Crippen molar-refractivity contribution >= 4 is 23.7 Å². The Hall–Kier alpha value is -4.28. The molecular formula is C32H35F3N2O6. The summed E-state index contributed by atoms with van der Waals surface area (Å²) in [5.41, 5.74) is 2.00. The number of hydrogen-bond acceptors (Lipinski definition) is 5. The van der Waals surface area contributed by atoms with Gasteiger partial charge in [0.15, 0.2) is 0 Å². The zero-order valence-electron chi connectivity index (χ0n) is 23.8. The molecule has 43 heavy (non-hydrogen) atoms. The molecule has 0 radical (unpaired) electrons. The van der Waals surface area contributed by atoms with Gasteiger partial charge in [-0.1, -0.05) is 50.5 Å². The lowest BCUT2D eigenvalue weighted by atomic mass is 9.78. The summed E-state index contributed by atoms with van der Waals surface area (Å²) in [5.74, 6) is -1.57. The molecule has 0 heterocycles. The van der Waals surface area contributed by atoms with Crippen molar-refractivity contribution in [3.8, 4) is 11.5 Å². The topological polar surface area (TPSA) is 105 Å². The number of ether oxygens (including phenoxy) is 2. The average molecular weight is 601 g/mol. The summed E-state index contributed by atoms with van der Waals surface area (Å²) < 4.78 is 47.6. The van der Waals surface area contributed by atoms with E-state index in [1.54, 1.807) is 12.1 Å². The van der Waals surface area contributed by atoms with Gasteiger partial charge in [-0.25, -0.2) is 4.79 Å². The second-order valence-electron chi connectivity index (χ2n) is 10.8. The van der Waals surface area contributed by atoms with Crippen LogP contribution >= 0.6 is 0 Å². The molecule has 8 nitrogen and oxygen atoms in total. The van der Waals surface area contributed by atoms with Gasteiger partial charge in [0.2, 0.25) is 0 Å². The minimum absolute atomic E-state index is 0.0340. The van der Waals surface area contributed by atoms with Gasteiger partial charge in [0.1, 0.15) is 11.5 Å². The summed E-state index contributed by atoms with van der Waals surface area (Å²) in [6.45, 7) is 2.27. The molecule has 0 aliphatic heterocycles. The molecule has 2 aliphatic rings. The van der Waals surface area contributed by atoms with Crippen molar-refractivity contribution in [2.24, 2.45) is 17.8 Å². The Balaban J connectivity index is 1.53. The Kier molecular flexibility index (Phi) is 10.5. The lowest BCUT2D eigenvalue weighted by Crippen LogP contribution is -2.39. The highest BCUT2D eigenvalue weighted by Crippen LogP contribution is 2.36. The van der Waals surface area contributed by atoms with Crippen LogP contribution in [0.3, 0.4) is 0 Å². The average Bonchev–Trinajstić information content (AvgIpc) is 2.96. The standard InChI is InChI=1S/C32H35F3N2O6/c1-21-18-24(22-6-3-2-4-7-22)10-11-25(21)20-37(26-14-12-23(13-15-26)30(40)36-17-16-29(38)39)31(41)42-27-8-5-9-28(19-27)43-32(33,34)35/h5,8-15,18-19,21-22,25H,2-4,6-7,16-17,20H2,1H3,(H,36,40)(H,38,39). The van der Waals surface area contributed by atoms with Gasteiger partial charge < -0.3 is 19.9 Å². The normalized spacial score (nSPS) is 18.8. The van der Waals surface area contributed by atoms with E-state index < -0.39 is 30.1 Å². The number of halogens is 3. The molecular weight excluding hydrogens is 565 g/mol. The second-order valence-corrected chi connectivity index (χ2v) is 10.8. The molecule has 2 N–H and O–H groups in total. The monoisotopic (exact) mass is 600 g/mol. The largest absolute Gasteiger partial charge is 0.573 e. The molecule has 0 aromatic heterocycles. The number of carboxylic acid groups (broad SMARTS) is 1. The number of alkyl halides is 3. The molecule has 2 aromatic carbocycles. The Bertz CT molecular complexity index is 1350. The van der Waals surface area contributed by atoms with Crippen LogP contribution in [0.1, 0.15) is 55.8 Å². The molecule has 0 spiro atoms. The predicted octanol–water partition coefficient (Wildman–Crippen LogP) is 7.12. The number of aliphatic carboxylic acids is 1. The van der Waals surface area contributed by atoms with Crippen LogP contribution in [0.5, 0.6) is 11.5 Å². The molecule has 0 bridgehead atoms. The van der Waals surface area contributed by atoms with Crippen LogP contribution in [-0.2, 0) is 4.79 Å². The number of nitrogens with zero attached hydrogens (tertiary/aromatic N) is 1. The third-order valence-corrected chi connectivity index (χ3v) is 7.67. The molecule has 230 valence electrons. The number of carbonyl (C=O) groups excluding carboxylic acids is 2. The smallest absolute Gasteiger partial charge is 0.481 e. The van der Waals surface area contributed by atoms with Gasteiger partial charge in [-0.2, -0.15) is 0 Å². The summed E-state index contributed by atoms with van der Waals surface area (Å²) in [7, 11) is 0. The lowest BCUT2D eigenvalue weighted by Gasteiger charge is -2.32. The molecule has 2 unspecified atom stereocenters. The highest BCUT2D eigenvalue weighted by atomic mass is 19.4. The van der Waals surface area contributed by atoms with Crippen molar-refractivity contribution in [1.82, 2.24) is 5.32 Å². The van der Waals surface area contributed by atoms with E-state index in [1.165, 1.54) is 66.8 Å². The lowest BCUT2D eigenvalue weighted by molar-refractivity contribution is -0.274. The van der Waals surface area contributed by atoms with Gasteiger partial charge in [-0.15, -0.1) is 13.2 Å². The third-order valence-electron chi connectivity index (χ3n) is 7.67. The predicted molar refractivity (Wildman–Crippen MR) is 154 cm³/mol. The number of carboxylic acids is 1. The van der Waals surface area contributed by atoms with Gasteiger partial charge in [-0.05, 0) is 66.6 Å². The van der Waals surface area contributed by atoms with Crippen molar-refractivity contribution < 1.29 is 42.1 Å². The van der Waals surface area contributed by atoms with Gasteiger partial charge in [-0.3, -0.25) is 14.5 Å². The maximum absolute atomic E-state index is 13.5. The molecule has 2 amide bonds. The number of benzene rings is 2. The van der Waals surface area contributed by atoms with Gasteiger partial charge in [0.25, 0.3) is 5.91 Å². The van der Waals surface area contributed by atoms with Crippen LogP contribution in [0, 0.1) is 17.8 Å². The summed E-state index contributed by atoms with van der Waals surface area (Å²) in [6, 6.07) is 10.9. The van der Waals surface area contributed by atoms with Crippen LogP contribution in [0.15, 0.2) is 72.3 Å². The summed E-state index contributed by atoms with van der Waals surface area (Å²) >= 11 is 0. The fourth-order valence-electron chi connectivity index (χ4n) is 5.39. The third kappa shape index (κ3) is 9.36. The molecule has 0 saturated heterocycles. The maximum Gasteiger partial charge on any atom is 0.573 e. The molecule has 1 fully saturated rings. The summed E-state index contributed by atoms with van der Waals surface area (Å²) in [6.07, 6.45) is 6.58. The van der Waals surface area contributed by atoms with Crippen molar-refractivity contribution in [2.45, 2.75) is 51.8 Å². The molecule has 2 aromatic rings. The molecule has 2 atom stereocenters. The molecule has 2 aliphatic carbocycles. The second kappa shape index (κ2) is 14.3. The van der Waals surface area contributed by atoms with E-state index in [0.29, 0.717) is 11.6 Å². The zero-order valence-corrected chi connectivity index (χ0v) is 23.8. The quantitative estimate of drug-likeness (QED) is 0.301. The first kappa shape index (κ1) is 31.7. The van der Waals surface area contributed by atoms with E-state index in [2.05, 4.69) is 35.2 Å². The number of amides is 2.